The van der Waals surface area contributed by atoms with E-state index in [1.807, 2.05) is 18.9 Å². The van der Waals surface area contributed by atoms with Gasteiger partial charge in [0.15, 0.2) is 0 Å². The van der Waals surface area contributed by atoms with Crippen molar-refractivity contribution in [3.05, 3.63) is 0 Å². The molecule has 20 heavy (non-hydrogen) atoms. The lowest BCUT2D eigenvalue weighted by Crippen LogP contribution is -2.64. The van der Waals surface area contributed by atoms with Gasteiger partial charge in [-0.1, -0.05) is 12.8 Å². The third kappa shape index (κ3) is 3.12. The molecule has 2 aliphatic rings. The predicted molar refractivity (Wildman–Crippen MR) is 83.0 cm³/mol. The van der Waals surface area contributed by atoms with Crippen LogP contribution in [0.4, 0.5) is 0 Å². The highest BCUT2D eigenvalue weighted by Crippen LogP contribution is 2.56. The van der Waals surface area contributed by atoms with Gasteiger partial charge in [-0.2, -0.15) is 0 Å². The Hall–Kier alpha value is -0.320. The van der Waals surface area contributed by atoms with Crippen LogP contribution in [0.5, 0.6) is 0 Å². The van der Waals surface area contributed by atoms with Crippen LogP contribution in [0.3, 0.4) is 0 Å². The topological polar surface area (TPSA) is 55.6 Å². The molecule has 1 amide bonds. The van der Waals surface area contributed by atoms with Crippen LogP contribution >= 0.6 is 12.4 Å². The smallest absolute Gasteiger partial charge is 0.224 e. The van der Waals surface area contributed by atoms with Crippen LogP contribution in [0.1, 0.15) is 52.4 Å². The van der Waals surface area contributed by atoms with Gasteiger partial charge in [-0.3, -0.25) is 4.79 Å². The molecule has 4 nitrogen and oxygen atoms in total. The van der Waals surface area contributed by atoms with Crippen molar-refractivity contribution >= 4 is 18.3 Å². The van der Waals surface area contributed by atoms with Gasteiger partial charge in [0.1, 0.15) is 0 Å². The summed E-state index contributed by atoms with van der Waals surface area (Å²) in [4.78, 5) is 14.1. The molecule has 2 aliphatic carbocycles. The molecule has 2 rings (SSSR count). The summed E-state index contributed by atoms with van der Waals surface area (Å²) in [5.41, 5.74) is 5.97. The van der Waals surface area contributed by atoms with Crippen LogP contribution in [0.2, 0.25) is 0 Å². The molecule has 0 aliphatic heterocycles. The number of carbonyl (C=O) groups excluding carboxylic acids is 1. The fourth-order valence-electron chi connectivity index (χ4n) is 3.99. The van der Waals surface area contributed by atoms with Gasteiger partial charge in [-0.05, 0) is 33.1 Å². The van der Waals surface area contributed by atoms with Crippen molar-refractivity contribution in [1.82, 2.24) is 4.90 Å². The minimum absolute atomic E-state index is 0. The largest absolute Gasteiger partial charge is 0.378 e. The lowest BCUT2D eigenvalue weighted by molar-refractivity contribution is -0.172. The van der Waals surface area contributed by atoms with E-state index in [0.29, 0.717) is 18.6 Å². The Bertz CT molecular complexity index is 330. The molecular formula is C15H29ClN2O2. The quantitative estimate of drug-likeness (QED) is 0.848. The van der Waals surface area contributed by atoms with Crippen molar-refractivity contribution in [1.29, 1.82) is 0 Å². The van der Waals surface area contributed by atoms with Gasteiger partial charge in [0.25, 0.3) is 0 Å². The molecule has 1 spiro atoms. The molecule has 118 valence electrons. The van der Waals surface area contributed by atoms with E-state index in [1.54, 1.807) is 0 Å². The molecule has 0 bridgehead atoms. The van der Waals surface area contributed by atoms with Gasteiger partial charge < -0.3 is 15.4 Å². The standard InChI is InChI=1S/C15H28N2O2.ClH/c1-4-19-13-10-12(15(13)7-5-6-8-15)17(3)14(18)9-11(2)16;/h11-13H,4-10,16H2,1-3H3;1H. The third-order valence-corrected chi connectivity index (χ3v) is 5.00. The van der Waals surface area contributed by atoms with Crippen LogP contribution in [0.15, 0.2) is 0 Å². The summed E-state index contributed by atoms with van der Waals surface area (Å²) in [6, 6.07) is 0.301. The second-order valence-corrected chi connectivity index (χ2v) is 6.32. The Labute approximate surface area is 128 Å². The van der Waals surface area contributed by atoms with Gasteiger partial charge in [0.05, 0.1) is 6.10 Å². The van der Waals surface area contributed by atoms with Crippen molar-refractivity contribution in [2.24, 2.45) is 11.1 Å². The average Bonchev–Trinajstić information content (AvgIpc) is 2.84. The Morgan fingerprint density at radius 1 is 1.45 bits per heavy atom. The lowest BCUT2D eigenvalue weighted by atomic mass is 9.60. The molecule has 2 fully saturated rings. The number of rotatable bonds is 5. The van der Waals surface area contributed by atoms with Crippen molar-refractivity contribution in [3.63, 3.8) is 0 Å². The maximum absolute atomic E-state index is 12.2. The summed E-state index contributed by atoms with van der Waals surface area (Å²) in [5.74, 6) is 0.182. The molecule has 3 unspecified atom stereocenters. The Balaban J connectivity index is 0.00000200. The van der Waals surface area contributed by atoms with Crippen molar-refractivity contribution in [2.45, 2.75) is 70.6 Å². The maximum atomic E-state index is 12.2. The van der Waals surface area contributed by atoms with Gasteiger partial charge in [0, 0.05) is 37.6 Å². The zero-order chi connectivity index (χ0) is 14.0. The molecule has 0 aromatic carbocycles. The molecule has 2 saturated carbocycles. The Kier molecular flexibility index (Phi) is 6.29. The summed E-state index contributed by atoms with van der Waals surface area (Å²) >= 11 is 0. The first kappa shape index (κ1) is 17.7. The number of nitrogens with zero attached hydrogens (tertiary/aromatic N) is 1. The first-order chi connectivity index (χ1) is 9.01. The van der Waals surface area contributed by atoms with E-state index in [2.05, 4.69) is 6.92 Å². The van der Waals surface area contributed by atoms with Gasteiger partial charge in [-0.25, -0.2) is 0 Å². The summed E-state index contributed by atoms with van der Waals surface area (Å²) in [6.07, 6.45) is 6.76. The number of nitrogens with two attached hydrogens (primary N) is 1. The second-order valence-electron chi connectivity index (χ2n) is 6.32. The van der Waals surface area contributed by atoms with Crippen LogP contribution in [-0.4, -0.2) is 42.6 Å². The number of hydrogen-bond acceptors (Lipinski definition) is 3. The van der Waals surface area contributed by atoms with Crippen LogP contribution in [0, 0.1) is 5.41 Å². The zero-order valence-electron chi connectivity index (χ0n) is 12.9. The Morgan fingerprint density at radius 3 is 2.55 bits per heavy atom. The lowest BCUT2D eigenvalue weighted by Gasteiger charge is -2.57. The third-order valence-electron chi connectivity index (χ3n) is 5.00. The van der Waals surface area contributed by atoms with Gasteiger partial charge in [0.2, 0.25) is 5.91 Å². The number of ether oxygens (including phenoxy) is 1. The monoisotopic (exact) mass is 304 g/mol. The molecule has 0 aromatic heterocycles. The number of amides is 1. The first-order valence-corrected chi connectivity index (χ1v) is 7.64. The van der Waals surface area contributed by atoms with E-state index in [1.165, 1.54) is 25.7 Å². The van der Waals surface area contributed by atoms with E-state index in [-0.39, 0.29) is 29.8 Å². The molecular weight excluding hydrogens is 276 g/mol. The molecule has 0 radical (unpaired) electrons. The normalized spacial score (nSPS) is 28.6. The van der Waals surface area contributed by atoms with E-state index >= 15 is 0 Å². The Morgan fingerprint density at radius 2 is 2.05 bits per heavy atom. The number of halogens is 1. The highest BCUT2D eigenvalue weighted by atomic mass is 35.5. The summed E-state index contributed by atoms with van der Waals surface area (Å²) in [6.45, 7) is 4.72. The van der Waals surface area contributed by atoms with E-state index < -0.39 is 0 Å². The molecule has 3 atom stereocenters. The molecule has 0 heterocycles. The minimum Gasteiger partial charge on any atom is -0.378 e. The van der Waals surface area contributed by atoms with Gasteiger partial charge >= 0.3 is 0 Å². The summed E-state index contributed by atoms with van der Waals surface area (Å²) in [5, 5.41) is 0. The highest BCUT2D eigenvalue weighted by Gasteiger charge is 2.58. The van der Waals surface area contributed by atoms with Crippen molar-refractivity contribution < 1.29 is 9.53 Å². The maximum Gasteiger partial charge on any atom is 0.224 e. The molecule has 2 N–H and O–H groups in total. The molecule has 5 heteroatoms. The molecule has 0 saturated heterocycles. The van der Waals surface area contributed by atoms with Crippen molar-refractivity contribution in [2.75, 3.05) is 13.7 Å². The second kappa shape index (κ2) is 7.10. The predicted octanol–water partition coefficient (Wildman–Crippen LogP) is 2.34. The van der Waals surface area contributed by atoms with Crippen LogP contribution in [-0.2, 0) is 9.53 Å². The highest BCUT2D eigenvalue weighted by molar-refractivity contribution is 5.85. The van der Waals surface area contributed by atoms with Crippen molar-refractivity contribution in [3.8, 4) is 0 Å². The minimum atomic E-state index is -0.0581. The van der Waals surface area contributed by atoms with E-state index in [9.17, 15) is 4.79 Å². The SMILES string of the molecule is CCOC1CC(N(C)C(=O)CC(C)N)C12CCCC2.Cl. The number of hydrogen-bond donors (Lipinski definition) is 1. The van der Waals surface area contributed by atoms with E-state index in [4.69, 9.17) is 10.5 Å². The number of carbonyl (C=O) groups is 1. The summed E-state index contributed by atoms with van der Waals surface area (Å²) in [7, 11) is 1.94. The first-order valence-electron chi connectivity index (χ1n) is 7.64. The zero-order valence-corrected chi connectivity index (χ0v) is 13.7. The fraction of sp³-hybridized carbons (Fsp3) is 0.933. The fourth-order valence-corrected chi connectivity index (χ4v) is 3.99. The van der Waals surface area contributed by atoms with Crippen LogP contribution in [0.25, 0.3) is 0 Å². The van der Waals surface area contributed by atoms with E-state index in [0.717, 1.165) is 13.0 Å². The average molecular weight is 305 g/mol. The van der Waals surface area contributed by atoms with Crippen LogP contribution < -0.4 is 5.73 Å². The van der Waals surface area contributed by atoms with Gasteiger partial charge in [-0.15, -0.1) is 12.4 Å². The molecule has 0 aromatic rings. The summed E-state index contributed by atoms with van der Waals surface area (Å²) < 4.78 is 5.89.